The molecule has 0 spiro atoms. The maximum atomic E-state index is 11.0. The summed E-state index contributed by atoms with van der Waals surface area (Å²) in [6.07, 6.45) is 5.15. The van der Waals surface area contributed by atoms with E-state index in [2.05, 4.69) is 10.5 Å². The maximum Gasteiger partial charge on any atom is 0.254 e. The van der Waals surface area contributed by atoms with Crippen LogP contribution in [0.3, 0.4) is 0 Å². The van der Waals surface area contributed by atoms with Crippen LogP contribution in [0.25, 0.3) is 5.69 Å². The number of para-hydroxylation sites is 1. The topological polar surface area (TPSA) is 70.2 Å². The highest BCUT2D eigenvalue weighted by atomic mass is 16.2. The second kappa shape index (κ2) is 6.17. The number of benzene rings is 1. The molecular weight excluding hydrogens is 240 g/mol. The summed E-state index contributed by atoms with van der Waals surface area (Å²) >= 11 is 0. The highest BCUT2D eigenvalue weighted by molar-refractivity contribution is 5.83. The van der Waals surface area contributed by atoms with Gasteiger partial charge in [-0.1, -0.05) is 18.2 Å². The molecule has 5 heteroatoms. The Morgan fingerprint density at radius 1 is 1.37 bits per heavy atom. The lowest BCUT2D eigenvalue weighted by atomic mass is 10.3. The van der Waals surface area contributed by atoms with E-state index < -0.39 is 5.91 Å². The predicted molar refractivity (Wildman–Crippen MR) is 71.7 cm³/mol. The Morgan fingerprint density at radius 2 is 2.16 bits per heavy atom. The molecule has 1 amide bonds. The average molecular weight is 252 g/mol. The Labute approximate surface area is 110 Å². The van der Waals surface area contributed by atoms with Crippen molar-refractivity contribution in [1.82, 2.24) is 9.99 Å². The number of hydrogen-bond donors (Lipinski definition) is 1. The van der Waals surface area contributed by atoms with Gasteiger partial charge in [0.05, 0.1) is 12.3 Å². The molecule has 19 heavy (non-hydrogen) atoms. The number of hydrogen-bond acceptors (Lipinski definition) is 3. The van der Waals surface area contributed by atoms with Crippen molar-refractivity contribution < 1.29 is 4.79 Å². The van der Waals surface area contributed by atoms with Crippen molar-refractivity contribution in [2.24, 2.45) is 5.10 Å². The number of nitrogens with one attached hydrogen (secondary N) is 1. The van der Waals surface area contributed by atoms with Crippen molar-refractivity contribution in [3.8, 4) is 11.8 Å². The van der Waals surface area contributed by atoms with E-state index in [1.165, 1.54) is 6.21 Å². The van der Waals surface area contributed by atoms with Gasteiger partial charge in [0.15, 0.2) is 0 Å². The first kappa shape index (κ1) is 12.6. The SMILES string of the molecule is N#CCC(=O)N/N=C\c1ccn(-c2ccccc2)c1. The number of carbonyl (C=O) groups is 1. The third kappa shape index (κ3) is 3.54. The van der Waals surface area contributed by atoms with E-state index in [1.807, 2.05) is 53.4 Å². The first-order chi connectivity index (χ1) is 9.29. The molecule has 0 unspecified atom stereocenters. The molecule has 0 fully saturated rings. The van der Waals surface area contributed by atoms with Crippen molar-refractivity contribution >= 4 is 12.1 Å². The number of rotatable bonds is 4. The molecule has 5 nitrogen and oxygen atoms in total. The van der Waals surface area contributed by atoms with Crippen LogP contribution < -0.4 is 5.43 Å². The van der Waals surface area contributed by atoms with Crippen molar-refractivity contribution in [1.29, 1.82) is 5.26 Å². The van der Waals surface area contributed by atoms with E-state index in [-0.39, 0.29) is 6.42 Å². The maximum absolute atomic E-state index is 11.0. The molecule has 0 saturated heterocycles. The van der Waals surface area contributed by atoms with E-state index in [9.17, 15) is 4.79 Å². The smallest absolute Gasteiger partial charge is 0.254 e. The number of aromatic nitrogens is 1. The fraction of sp³-hybridized carbons (Fsp3) is 0.0714. The van der Waals surface area contributed by atoms with Crippen molar-refractivity contribution in [3.63, 3.8) is 0 Å². The second-order valence-corrected chi connectivity index (χ2v) is 3.82. The third-order valence-corrected chi connectivity index (χ3v) is 2.41. The molecule has 1 heterocycles. The monoisotopic (exact) mass is 252 g/mol. The number of nitriles is 1. The number of hydrazone groups is 1. The summed E-state index contributed by atoms with van der Waals surface area (Å²) in [5.41, 5.74) is 4.19. The van der Waals surface area contributed by atoms with Crippen LogP contribution in [0.2, 0.25) is 0 Å². The van der Waals surface area contributed by atoms with Gasteiger partial charge in [-0.15, -0.1) is 0 Å². The molecule has 0 atom stereocenters. The first-order valence-corrected chi connectivity index (χ1v) is 5.72. The summed E-state index contributed by atoms with van der Waals surface area (Å²) in [6.45, 7) is 0. The summed E-state index contributed by atoms with van der Waals surface area (Å²) < 4.78 is 1.96. The van der Waals surface area contributed by atoms with Gasteiger partial charge < -0.3 is 4.57 Å². The molecule has 0 radical (unpaired) electrons. The lowest BCUT2D eigenvalue weighted by Gasteiger charge is -2.00. The summed E-state index contributed by atoms with van der Waals surface area (Å²) in [6, 6.07) is 13.5. The van der Waals surface area contributed by atoms with Gasteiger partial charge in [-0.05, 0) is 18.2 Å². The zero-order chi connectivity index (χ0) is 13.5. The Kier molecular flexibility index (Phi) is 4.09. The van der Waals surface area contributed by atoms with Gasteiger partial charge in [0.1, 0.15) is 6.42 Å². The van der Waals surface area contributed by atoms with E-state index in [4.69, 9.17) is 5.26 Å². The third-order valence-electron chi connectivity index (χ3n) is 2.41. The summed E-state index contributed by atoms with van der Waals surface area (Å²) in [4.78, 5) is 11.0. The summed E-state index contributed by atoms with van der Waals surface area (Å²) in [7, 11) is 0. The standard InChI is InChI=1S/C14H12N4O/c15-8-6-14(19)17-16-10-12-7-9-18(11-12)13-4-2-1-3-5-13/h1-5,7,9-11H,6H2,(H,17,19)/b16-10-. The Balaban J connectivity index is 2.00. The second-order valence-electron chi connectivity index (χ2n) is 3.82. The summed E-state index contributed by atoms with van der Waals surface area (Å²) in [5.74, 6) is -0.416. The molecule has 0 aliphatic rings. The van der Waals surface area contributed by atoms with Gasteiger partial charge >= 0.3 is 0 Å². The average Bonchev–Trinajstić information content (AvgIpc) is 2.89. The van der Waals surface area contributed by atoms with E-state index in [0.717, 1.165) is 11.3 Å². The quantitative estimate of drug-likeness (QED) is 0.666. The minimum atomic E-state index is -0.416. The molecule has 0 bridgehead atoms. The fourth-order valence-corrected chi connectivity index (χ4v) is 1.54. The molecule has 1 N–H and O–H groups in total. The number of amides is 1. The van der Waals surface area contributed by atoms with Crippen LogP contribution in [0.15, 0.2) is 53.9 Å². The van der Waals surface area contributed by atoms with Crippen LogP contribution in [-0.4, -0.2) is 16.7 Å². The Bertz CT molecular complexity index is 622. The Morgan fingerprint density at radius 3 is 2.89 bits per heavy atom. The largest absolute Gasteiger partial charge is 0.323 e. The van der Waals surface area contributed by atoms with Crippen molar-refractivity contribution in [2.75, 3.05) is 0 Å². The molecule has 1 aromatic heterocycles. The van der Waals surface area contributed by atoms with Gasteiger partial charge in [0.2, 0.25) is 0 Å². The van der Waals surface area contributed by atoms with Crippen molar-refractivity contribution in [3.05, 3.63) is 54.4 Å². The minimum Gasteiger partial charge on any atom is -0.323 e. The van der Waals surface area contributed by atoms with E-state index >= 15 is 0 Å². The van der Waals surface area contributed by atoms with Gasteiger partial charge in [-0.25, -0.2) is 5.43 Å². The molecule has 0 aliphatic heterocycles. The van der Waals surface area contributed by atoms with E-state index in [0.29, 0.717) is 0 Å². The van der Waals surface area contributed by atoms with Crippen LogP contribution in [0.1, 0.15) is 12.0 Å². The highest BCUT2D eigenvalue weighted by Crippen LogP contribution is 2.08. The minimum absolute atomic E-state index is 0.192. The molecule has 2 rings (SSSR count). The molecular formula is C14H12N4O. The van der Waals surface area contributed by atoms with Gasteiger partial charge in [-0.2, -0.15) is 10.4 Å². The Hall–Kier alpha value is -2.87. The van der Waals surface area contributed by atoms with Crippen LogP contribution in [0.5, 0.6) is 0 Å². The summed E-state index contributed by atoms with van der Waals surface area (Å²) in [5, 5.41) is 12.1. The normalized spacial score (nSPS) is 10.3. The molecule has 0 aliphatic carbocycles. The molecule has 1 aromatic carbocycles. The van der Waals surface area contributed by atoms with Crippen LogP contribution >= 0.6 is 0 Å². The highest BCUT2D eigenvalue weighted by Gasteiger charge is 1.98. The van der Waals surface area contributed by atoms with Crippen molar-refractivity contribution in [2.45, 2.75) is 6.42 Å². The van der Waals surface area contributed by atoms with Crippen LogP contribution in [0.4, 0.5) is 0 Å². The lowest BCUT2D eigenvalue weighted by Crippen LogP contribution is -2.16. The van der Waals surface area contributed by atoms with Crippen LogP contribution in [0, 0.1) is 11.3 Å². The van der Waals surface area contributed by atoms with Crippen LogP contribution in [-0.2, 0) is 4.79 Å². The number of nitrogens with zero attached hydrogens (tertiary/aromatic N) is 3. The fourth-order valence-electron chi connectivity index (χ4n) is 1.54. The van der Waals surface area contributed by atoms with Gasteiger partial charge in [0, 0.05) is 23.6 Å². The zero-order valence-electron chi connectivity index (χ0n) is 10.2. The molecule has 2 aromatic rings. The first-order valence-electron chi connectivity index (χ1n) is 5.72. The van der Waals surface area contributed by atoms with E-state index in [1.54, 1.807) is 6.07 Å². The zero-order valence-corrected chi connectivity index (χ0v) is 10.2. The molecule has 94 valence electrons. The predicted octanol–water partition coefficient (Wildman–Crippen LogP) is 1.84. The number of carbonyl (C=O) groups excluding carboxylic acids is 1. The van der Waals surface area contributed by atoms with Gasteiger partial charge in [0.25, 0.3) is 5.91 Å². The van der Waals surface area contributed by atoms with Gasteiger partial charge in [-0.3, -0.25) is 4.79 Å². The lowest BCUT2D eigenvalue weighted by molar-refractivity contribution is -0.120. The molecule has 0 saturated carbocycles.